The van der Waals surface area contributed by atoms with Crippen LogP contribution in [0.2, 0.25) is 5.02 Å². The van der Waals surface area contributed by atoms with Crippen LogP contribution in [0.3, 0.4) is 0 Å². The molecule has 0 saturated carbocycles. The van der Waals surface area contributed by atoms with Crippen molar-refractivity contribution in [2.75, 3.05) is 6.61 Å². The Morgan fingerprint density at radius 2 is 1.39 bits per heavy atom. The van der Waals surface area contributed by atoms with Crippen molar-refractivity contribution in [3.05, 3.63) is 136 Å². The summed E-state index contributed by atoms with van der Waals surface area (Å²) in [6.07, 6.45) is 0.366. The molecule has 0 fully saturated rings. The molecule has 5 nitrogen and oxygen atoms in total. The first-order valence-electron chi connectivity index (χ1n) is 12.6. The lowest BCUT2D eigenvalue weighted by Gasteiger charge is -2.31. The van der Waals surface area contributed by atoms with E-state index >= 15 is 0 Å². The summed E-state index contributed by atoms with van der Waals surface area (Å²) in [7, 11) is 0. The van der Waals surface area contributed by atoms with Crippen molar-refractivity contribution in [1.29, 1.82) is 0 Å². The van der Waals surface area contributed by atoms with E-state index < -0.39 is 6.04 Å². The molecule has 0 unspecified atom stereocenters. The molecule has 2 amide bonds. The number of halogens is 1. The predicted octanol–water partition coefficient (Wildman–Crippen LogP) is 5.98. The number of amides is 2. The van der Waals surface area contributed by atoms with Crippen LogP contribution in [0.1, 0.15) is 22.3 Å². The van der Waals surface area contributed by atoms with Gasteiger partial charge in [-0.05, 0) is 47.9 Å². The molecular formula is C32H31ClN2O3. The van der Waals surface area contributed by atoms with Crippen LogP contribution >= 0.6 is 11.6 Å². The number of hydrogen-bond acceptors (Lipinski definition) is 3. The van der Waals surface area contributed by atoms with Crippen molar-refractivity contribution in [3.8, 4) is 5.75 Å². The maximum atomic E-state index is 13.7. The first-order valence-corrected chi connectivity index (χ1v) is 12.9. The lowest BCUT2D eigenvalue weighted by atomic mass is 10.0. The van der Waals surface area contributed by atoms with Gasteiger partial charge in [0.2, 0.25) is 5.91 Å². The number of ether oxygens (including phenoxy) is 1. The van der Waals surface area contributed by atoms with Crippen LogP contribution in [0.4, 0.5) is 0 Å². The second-order valence-corrected chi connectivity index (χ2v) is 9.60. The molecule has 0 aromatic heterocycles. The minimum absolute atomic E-state index is 0.186. The summed E-state index contributed by atoms with van der Waals surface area (Å²) in [5, 5.41) is 3.66. The molecule has 6 heteroatoms. The fourth-order valence-corrected chi connectivity index (χ4v) is 4.22. The molecule has 1 N–H and O–H groups in total. The third-order valence-electron chi connectivity index (χ3n) is 6.23. The Kier molecular flexibility index (Phi) is 9.54. The first kappa shape index (κ1) is 27.0. The summed E-state index contributed by atoms with van der Waals surface area (Å²) in [5.41, 5.74) is 3.97. The molecule has 4 rings (SSSR count). The molecule has 4 aromatic rings. The fourth-order valence-electron chi connectivity index (χ4n) is 4.10. The van der Waals surface area contributed by atoms with Crippen molar-refractivity contribution >= 4 is 23.4 Å². The molecular weight excluding hydrogens is 496 g/mol. The van der Waals surface area contributed by atoms with Gasteiger partial charge in [-0.1, -0.05) is 102 Å². The van der Waals surface area contributed by atoms with E-state index in [0.717, 1.165) is 22.3 Å². The third-order valence-corrected chi connectivity index (χ3v) is 6.48. The molecule has 0 radical (unpaired) electrons. The summed E-state index contributed by atoms with van der Waals surface area (Å²) in [4.78, 5) is 28.9. The minimum Gasteiger partial charge on any atom is -0.484 e. The molecule has 194 valence electrons. The number of carbonyl (C=O) groups is 2. The van der Waals surface area contributed by atoms with Gasteiger partial charge in [-0.25, -0.2) is 0 Å². The molecule has 0 saturated heterocycles. The maximum absolute atomic E-state index is 13.7. The summed E-state index contributed by atoms with van der Waals surface area (Å²) < 4.78 is 5.78. The van der Waals surface area contributed by atoms with Gasteiger partial charge in [-0.2, -0.15) is 0 Å². The van der Waals surface area contributed by atoms with Gasteiger partial charge in [0.15, 0.2) is 6.61 Å². The van der Waals surface area contributed by atoms with Crippen LogP contribution in [0.25, 0.3) is 0 Å². The number of nitrogens with one attached hydrogen (secondary N) is 1. The number of benzene rings is 4. The standard InChI is InChI=1S/C32H31ClN2O3/c1-24-12-14-26(15-13-24)21-34-32(37)30(20-25-8-4-2-5-9-25)35(22-27-16-18-28(33)19-17-27)31(36)23-38-29-10-6-3-7-11-29/h2-19,30H,20-23H2,1H3,(H,34,37)/t30-/m1/s1. The number of para-hydroxylation sites is 1. The lowest BCUT2D eigenvalue weighted by Crippen LogP contribution is -2.51. The third kappa shape index (κ3) is 7.95. The Hall–Kier alpha value is -4.09. The monoisotopic (exact) mass is 526 g/mol. The summed E-state index contributed by atoms with van der Waals surface area (Å²) in [6, 6.07) is 33.5. The quantitative estimate of drug-likeness (QED) is 0.261. The van der Waals surface area contributed by atoms with Crippen molar-refractivity contribution < 1.29 is 14.3 Å². The summed E-state index contributed by atoms with van der Waals surface area (Å²) >= 11 is 6.09. The predicted molar refractivity (Wildman–Crippen MR) is 151 cm³/mol. The highest BCUT2D eigenvalue weighted by Crippen LogP contribution is 2.18. The van der Waals surface area contributed by atoms with E-state index in [2.05, 4.69) is 5.32 Å². The average Bonchev–Trinajstić information content (AvgIpc) is 2.95. The topological polar surface area (TPSA) is 58.6 Å². The smallest absolute Gasteiger partial charge is 0.261 e. The van der Waals surface area contributed by atoms with Crippen molar-refractivity contribution in [3.63, 3.8) is 0 Å². The highest BCUT2D eigenvalue weighted by molar-refractivity contribution is 6.30. The van der Waals surface area contributed by atoms with Crippen LogP contribution in [0.5, 0.6) is 5.75 Å². The van der Waals surface area contributed by atoms with Gasteiger partial charge in [-0.15, -0.1) is 0 Å². The van der Waals surface area contributed by atoms with E-state index in [1.54, 1.807) is 29.2 Å². The van der Waals surface area contributed by atoms with Gasteiger partial charge in [0.1, 0.15) is 11.8 Å². The summed E-state index contributed by atoms with van der Waals surface area (Å²) in [6.45, 7) is 2.45. The van der Waals surface area contributed by atoms with Gasteiger partial charge in [0.05, 0.1) is 0 Å². The van der Waals surface area contributed by atoms with Crippen LogP contribution in [0, 0.1) is 6.92 Å². The number of nitrogens with zero attached hydrogens (tertiary/aromatic N) is 1. The highest BCUT2D eigenvalue weighted by Gasteiger charge is 2.30. The molecule has 4 aromatic carbocycles. The SMILES string of the molecule is Cc1ccc(CNC(=O)[C@@H](Cc2ccccc2)N(Cc2ccc(Cl)cc2)C(=O)COc2ccccc2)cc1. The lowest BCUT2D eigenvalue weighted by molar-refractivity contribution is -0.142. The maximum Gasteiger partial charge on any atom is 0.261 e. The Balaban J connectivity index is 1.60. The second-order valence-electron chi connectivity index (χ2n) is 9.16. The number of aryl methyl sites for hydroxylation is 1. The number of hydrogen-bond donors (Lipinski definition) is 1. The van der Waals surface area contributed by atoms with Gasteiger partial charge >= 0.3 is 0 Å². The molecule has 38 heavy (non-hydrogen) atoms. The van der Waals surface area contributed by atoms with E-state index in [-0.39, 0.29) is 25.0 Å². The number of rotatable bonds is 11. The highest BCUT2D eigenvalue weighted by atomic mass is 35.5. The van der Waals surface area contributed by atoms with E-state index in [4.69, 9.17) is 16.3 Å². The molecule has 1 atom stereocenters. The van der Waals surface area contributed by atoms with E-state index in [9.17, 15) is 9.59 Å². The van der Waals surface area contributed by atoms with E-state index in [1.807, 2.05) is 91.9 Å². The Morgan fingerprint density at radius 3 is 2.05 bits per heavy atom. The zero-order valence-corrected chi connectivity index (χ0v) is 22.1. The average molecular weight is 527 g/mol. The van der Waals surface area contributed by atoms with Crippen LogP contribution < -0.4 is 10.1 Å². The number of carbonyl (C=O) groups excluding carboxylic acids is 2. The summed E-state index contributed by atoms with van der Waals surface area (Å²) in [5.74, 6) is 0.0856. The molecule has 0 spiro atoms. The van der Waals surface area contributed by atoms with E-state index in [1.165, 1.54) is 0 Å². The minimum atomic E-state index is -0.745. The molecule has 0 aliphatic heterocycles. The normalized spacial score (nSPS) is 11.4. The first-order chi connectivity index (χ1) is 18.5. The zero-order valence-electron chi connectivity index (χ0n) is 21.3. The Morgan fingerprint density at radius 1 is 0.789 bits per heavy atom. The van der Waals surface area contributed by atoms with Crippen LogP contribution in [-0.4, -0.2) is 29.4 Å². The van der Waals surface area contributed by atoms with Gasteiger partial charge in [-0.3, -0.25) is 9.59 Å². The Bertz CT molecular complexity index is 1310. The van der Waals surface area contributed by atoms with Crippen molar-refractivity contribution in [1.82, 2.24) is 10.2 Å². The zero-order chi connectivity index (χ0) is 26.7. The largest absolute Gasteiger partial charge is 0.484 e. The van der Waals surface area contributed by atoms with Gasteiger partial charge in [0, 0.05) is 24.5 Å². The van der Waals surface area contributed by atoms with Crippen molar-refractivity contribution in [2.24, 2.45) is 0 Å². The van der Waals surface area contributed by atoms with Crippen molar-refractivity contribution in [2.45, 2.75) is 32.5 Å². The van der Waals surface area contributed by atoms with E-state index in [0.29, 0.717) is 23.7 Å². The molecule has 0 heterocycles. The second kappa shape index (κ2) is 13.5. The van der Waals surface area contributed by atoms with Crippen LogP contribution in [0.15, 0.2) is 109 Å². The molecule has 0 bridgehead atoms. The fraction of sp³-hybridized carbons (Fsp3) is 0.188. The van der Waals surface area contributed by atoms with Gasteiger partial charge in [0.25, 0.3) is 5.91 Å². The molecule has 0 aliphatic carbocycles. The Labute approximate surface area is 229 Å². The van der Waals surface area contributed by atoms with Gasteiger partial charge < -0.3 is 15.0 Å². The molecule has 0 aliphatic rings. The van der Waals surface area contributed by atoms with Crippen LogP contribution in [-0.2, 0) is 29.1 Å².